The van der Waals surface area contributed by atoms with Crippen molar-refractivity contribution in [3.8, 4) is 0 Å². The Balaban J connectivity index is 0.000000241. The number of aliphatic hydroxyl groups excluding tert-OH is 1. The molecule has 14 heavy (non-hydrogen) atoms. The fourth-order valence-electron chi connectivity index (χ4n) is 1.41. The van der Waals surface area contributed by atoms with Crippen LogP contribution in [0.1, 0.15) is 39.5 Å². The number of hydrogen-bond acceptors (Lipinski definition) is 3. The van der Waals surface area contributed by atoms with E-state index in [1.54, 1.807) is 14.0 Å². The average Bonchev–Trinajstić information content (AvgIpc) is 2.68. The lowest BCUT2D eigenvalue weighted by molar-refractivity contribution is 0.0527. The molecule has 0 aromatic carbocycles. The van der Waals surface area contributed by atoms with E-state index < -0.39 is 0 Å². The van der Waals surface area contributed by atoms with Crippen LogP contribution in [-0.4, -0.2) is 37.6 Å². The van der Waals surface area contributed by atoms with Crippen molar-refractivity contribution >= 4 is 0 Å². The lowest BCUT2D eigenvalue weighted by Crippen LogP contribution is -2.09. The van der Waals surface area contributed by atoms with E-state index in [9.17, 15) is 0 Å². The summed E-state index contributed by atoms with van der Waals surface area (Å²) >= 11 is 0. The highest BCUT2D eigenvalue weighted by molar-refractivity contribution is 4.65. The Morgan fingerprint density at radius 3 is 2.14 bits per heavy atom. The summed E-state index contributed by atoms with van der Waals surface area (Å²) in [4.78, 5) is 0. The Morgan fingerprint density at radius 1 is 1.36 bits per heavy atom. The van der Waals surface area contributed by atoms with E-state index >= 15 is 0 Å². The quantitative estimate of drug-likeness (QED) is 0.761. The van der Waals surface area contributed by atoms with Gasteiger partial charge in [-0.3, -0.25) is 0 Å². The van der Waals surface area contributed by atoms with Crippen LogP contribution < -0.4 is 0 Å². The zero-order valence-corrected chi connectivity index (χ0v) is 9.66. The molecule has 0 bridgehead atoms. The first-order valence-corrected chi connectivity index (χ1v) is 5.49. The van der Waals surface area contributed by atoms with Crippen molar-refractivity contribution in [2.24, 2.45) is 0 Å². The van der Waals surface area contributed by atoms with Crippen LogP contribution in [0.25, 0.3) is 0 Å². The fourth-order valence-corrected chi connectivity index (χ4v) is 1.41. The number of rotatable bonds is 4. The molecule has 0 heterocycles. The molecule has 3 heteroatoms. The van der Waals surface area contributed by atoms with E-state index in [-0.39, 0.29) is 6.10 Å². The maximum atomic E-state index is 8.56. The monoisotopic (exact) mass is 204 g/mol. The molecule has 0 amide bonds. The van der Waals surface area contributed by atoms with Crippen LogP contribution in [0, 0.1) is 0 Å². The third-order valence-corrected chi connectivity index (χ3v) is 2.20. The first-order valence-electron chi connectivity index (χ1n) is 5.49. The number of ether oxygens (including phenoxy) is 2. The van der Waals surface area contributed by atoms with Crippen molar-refractivity contribution < 1.29 is 14.6 Å². The van der Waals surface area contributed by atoms with Crippen LogP contribution >= 0.6 is 0 Å². The highest BCUT2D eigenvalue weighted by Gasteiger charge is 2.12. The normalized spacial score (nSPS) is 18.9. The summed E-state index contributed by atoms with van der Waals surface area (Å²) in [5, 5.41) is 8.56. The molecule has 1 rings (SSSR count). The van der Waals surface area contributed by atoms with E-state index in [0.717, 1.165) is 0 Å². The van der Waals surface area contributed by atoms with Crippen molar-refractivity contribution in [1.82, 2.24) is 0 Å². The summed E-state index contributed by atoms with van der Waals surface area (Å²) in [7, 11) is 1.80. The highest BCUT2D eigenvalue weighted by atomic mass is 16.5. The van der Waals surface area contributed by atoms with Crippen molar-refractivity contribution in [2.75, 3.05) is 20.3 Å². The van der Waals surface area contributed by atoms with Gasteiger partial charge in [-0.25, -0.2) is 0 Å². The van der Waals surface area contributed by atoms with Crippen LogP contribution in [0.5, 0.6) is 0 Å². The third kappa shape index (κ3) is 8.48. The van der Waals surface area contributed by atoms with Gasteiger partial charge < -0.3 is 14.6 Å². The minimum Gasteiger partial charge on any atom is -0.391 e. The molecule has 1 aliphatic carbocycles. The van der Waals surface area contributed by atoms with Crippen LogP contribution in [-0.2, 0) is 9.47 Å². The average molecular weight is 204 g/mol. The van der Waals surface area contributed by atoms with Crippen LogP contribution in [0.3, 0.4) is 0 Å². The van der Waals surface area contributed by atoms with E-state index in [4.69, 9.17) is 14.6 Å². The molecule has 1 atom stereocenters. The lowest BCUT2D eigenvalue weighted by Gasteiger charge is -2.02. The summed E-state index contributed by atoms with van der Waals surface area (Å²) in [5.74, 6) is 0. The van der Waals surface area contributed by atoms with Gasteiger partial charge in [-0.05, 0) is 26.7 Å². The Bertz CT molecular complexity index is 109. The summed E-state index contributed by atoms with van der Waals surface area (Å²) in [6, 6.07) is 0. The molecule has 86 valence electrons. The van der Waals surface area contributed by atoms with Gasteiger partial charge in [0.2, 0.25) is 0 Å². The van der Waals surface area contributed by atoms with Crippen molar-refractivity contribution in [2.45, 2.75) is 51.7 Å². The van der Waals surface area contributed by atoms with Crippen molar-refractivity contribution in [3.63, 3.8) is 0 Å². The summed E-state index contributed by atoms with van der Waals surface area (Å²) in [6.45, 7) is 4.75. The summed E-state index contributed by atoms with van der Waals surface area (Å²) < 4.78 is 9.96. The molecule has 0 radical (unpaired) electrons. The second-order valence-electron chi connectivity index (χ2n) is 3.65. The number of aliphatic hydroxyl groups is 1. The second-order valence-corrected chi connectivity index (χ2v) is 3.65. The zero-order valence-electron chi connectivity index (χ0n) is 9.66. The standard InChI is InChI=1S/C6H12O.C5H12O2/c1-7-6-4-2-3-5-6;1-3-7-4-5(2)6/h6H,2-5H2,1H3;5-6H,3-4H2,1-2H3. The highest BCUT2D eigenvalue weighted by Crippen LogP contribution is 2.19. The topological polar surface area (TPSA) is 38.7 Å². The Kier molecular flexibility index (Phi) is 9.35. The van der Waals surface area contributed by atoms with E-state index in [1.807, 2.05) is 6.92 Å². The molecule has 0 aromatic heterocycles. The molecular formula is C11H24O3. The van der Waals surface area contributed by atoms with E-state index in [2.05, 4.69) is 0 Å². The predicted octanol–water partition coefficient (Wildman–Crippen LogP) is 1.98. The zero-order chi connectivity index (χ0) is 10.8. The van der Waals surface area contributed by atoms with Gasteiger partial charge in [0.1, 0.15) is 0 Å². The maximum Gasteiger partial charge on any atom is 0.0745 e. The summed E-state index contributed by atoms with van der Waals surface area (Å²) in [6.07, 6.45) is 5.60. The Morgan fingerprint density at radius 2 is 1.93 bits per heavy atom. The van der Waals surface area contributed by atoms with Crippen LogP contribution in [0.15, 0.2) is 0 Å². The van der Waals surface area contributed by atoms with Gasteiger partial charge >= 0.3 is 0 Å². The third-order valence-electron chi connectivity index (χ3n) is 2.20. The van der Waals surface area contributed by atoms with Gasteiger partial charge in [0.05, 0.1) is 18.8 Å². The Labute approximate surface area is 87.4 Å². The number of methoxy groups -OCH3 is 1. The first kappa shape index (κ1) is 13.9. The molecule has 3 nitrogen and oxygen atoms in total. The predicted molar refractivity (Wildman–Crippen MR) is 57.4 cm³/mol. The lowest BCUT2D eigenvalue weighted by atomic mass is 10.3. The van der Waals surface area contributed by atoms with Gasteiger partial charge in [-0.2, -0.15) is 0 Å². The second kappa shape index (κ2) is 9.44. The van der Waals surface area contributed by atoms with Crippen molar-refractivity contribution in [1.29, 1.82) is 0 Å². The van der Waals surface area contributed by atoms with E-state index in [1.165, 1.54) is 25.7 Å². The Hall–Kier alpha value is -0.120. The van der Waals surface area contributed by atoms with Gasteiger partial charge in [-0.1, -0.05) is 12.8 Å². The largest absolute Gasteiger partial charge is 0.391 e. The van der Waals surface area contributed by atoms with Gasteiger partial charge in [0, 0.05) is 13.7 Å². The van der Waals surface area contributed by atoms with Crippen LogP contribution in [0.2, 0.25) is 0 Å². The number of hydrogen-bond donors (Lipinski definition) is 1. The minimum absolute atomic E-state index is 0.319. The molecule has 0 aromatic rings. The molecular weight excluding hydrogens is 180 g/mol. The minimum atomic E-state index is -0.319. The van der Waals surface area contributed by atoms with Crippen molar-refractivity contribution in [3.05, 3.63) is 0 Å². The molecule has 0 spiro atoms. The van der Waals surface area contributed by atoms with Crippen LogP contribution in [0.4, 0.5) is 0 Å². The molecule has 1 unspecified atom stereocenters. The molecule has 1 aliphatic rings. The summed E-state index contributed by atoms with van der Waals surface area (Å²) in [5.41, 5.74) is 0. The SMILES string of the molecule is CCOCC(C)O.COC1CCCC1. The molecule has 1 saturated carbocycles. The molecule has 0 aliphatic heterocycles. The molecule has 1 fully saturated rings. The maximum absolute atomic E-state index is 8.56. The van der Waals surface area contributed by atoms with Gasteiger partial charge in [-0.15, -0.1) is 0 Å². The first-order chi connectivity index (χ1) is 6.70. The molecule has 0 saturated heterocycles. The molecule has 1 N–H and O–H groups in total. The van der Waals surface area contributed by atoms with E-state index in [0.29, 0.717) is 19.3 Å². The van der Waals surface area contributed by atoms with Gasteiger partial charge in [0.25, 0.3) is 0 Å². The fraction of sp³-hybridized carbons (Fsp3) is 1.00. The van der Waals surface area contributed by atoms with Gasteiger partial charge in [0.15, 0.2) is 0 Å². The smallest absolute Gasteiger partial charge is 0.0745 e.